The van der Waals surface area contributed by atoms with Gasteiger partial charge >= 0.3 is 0 Å². The molecule has 1 aromatic heterocycles. The number of nitrogens with one attached hydrogen (secondary N) is 1. The average Bonchev–Trinajstić information content (AvgIpc) is 2.77. The molecule has 2 aromatic rings. The topological polar surface area (TPSA) is 82.5 Å². The largest absolute Gasteiger partial charge is 0.508 e. The van der Waals surface area contributed by atoms with Gasteiger partial charge in [-0.25, -0.2) is 4.98 Å². The Morgan fingerprint density at radius 1 is 1.29 bits per heavy atom. The summed E-state index contributed by atoms with van der Waals surface area (Å²) in [6, 6.07) is 3.74. The standard InChI is InChI=1S/C11H10N2O3S/c14-9-1-7(2-10(15)3-9)11(16)12-4-8-5-17-6-13-8/h1-3,5-6,14-15H,4H2,(H,12,16). The van der Waals surface area contributed by atoms with Crippen LogP contribution < -0.4 is 5.32 Å². The second kappa shape index (κ2) is 4.84. The number of rotatable bonds is 3. The lowest BCUT2D eigenvalue weighted by molar-refractivity contribution is 0.0949. The molecule has 1 heterocycles. The summed E-state index contributed by atoms with van der Waals surface area (Å²) in [5.74, 6) is -0.670. The molecule has 5 nitrogen and oxygen atoms in total. The smallest absolute Gasteiger partial charge is 0.251 e. The molecule has 0 aliphatic rings. The van der Waals surface area contributed by atoms with Crippen molar-refractivity contribution >= 4 is 17.2 Å². The molecule has 6 heteroatoms. The zero-order chi connectivity index (χ0) is 12.3. The third kappa shape index (κ3) is 2.94. The maximum absolute atomic E-state index is 11.7. The Kier molecular flexibility index (Phi) is 3.24. The van der Waals surface area contributed by atoms with Crippen molar-refractivity contribution in [1.29, 1.82) is 0 Å². The lowest BCUT2D eigenvalue weighted by Crippen LogP contribution is -2.22. The fourth-order valence-corrected chi connectivity index (χ4v) is 1.88. The third-order valence-corrected chi connectivity index (χ3v) is 2.71. The fraction of sp³-hybridized carbons (Fsp3) is 0.0909. The SMILES string of the molecule is O=C(NCc1cscn1)c1cc(O)cc(O)c1. The molecule has 0 unspecified atom stereocenters. The Bertz CT molecular complexity index is 505. The lowest BCUT2D eigenvalue weighted by Gasteiger charge is -2.04. The number of carbonyl (C=O) groups excluding carboxylic acids is 1. The van der Waals surface area contributed by atoms with Gasteiger partial charge in [0.15, 0.2) is 0 Å². The summed E-state index contributed by atoms with van der Waals surface area (Å²) in [5.41, 5.74) is 2.66. The number of benzene rings is 1. The number of amides is 1. The molecule has 2 rings (SSSR count). The van der Waals surface area contributed by atoms with Crippen molar-refractivity contribution < 1.29 is 15.0 Å². The van der Waals surface area contributed by atoms with Crippen LogP contribution in [0.3, 0.4) is 0 Å². The Labute approximate surface area is 101 Å². The van der Waals surface area contributed by atoms with Crippen molar-refractivity contribution in [2.24, 2.45) is 0 Å². The van der Waals surface area contributed by atoms with Gasteiger partial charge in [0.05, 0.1) is 17.7 Å². The van der Waals surface area contributed by atoms with Crippen LogP contribution in [0.25, 0.3) is 0 Å². The van der Waals surface area contributed by atoms with E-state index in [1.807, 2.05) is 5.38 Å². The first-order valence-electron chi connectivity index (χ1n) is 4.83. The predicted molar refractivity (Wildman–Crippen MR) is 63.1 cm³/mol. The molecule has 0 atom stereocenters. The molecule has 0 fully saturated rings. The van der Waals surface area contributed by atoms with Crippen molar-refractivity contribution in [2.45, 2.75) is 6.54 Å². The van der Waals surface area contributed by atoms with Gasteiger partial charge in [-0.15, -0.1) is 11.3 Å². The van der Waals surface area contributed by atoms with E-state index in [2.05, 4.69) is 10.3 Å². The highest BCUT2D eigenvalue weighted by Crippen LogP contribution is 2.20. The van der Waals surface area contributed by atoms with Gasteiger partial charge in [-0.2, -0.15) is 0 Å². The van der Waals surface area contributed by atoms with Gasteiger partial charge in [0.25, 0.3) is 5.91 Å². The summed E-state index contributed by atoms with van der Waals surface area (Å²) in [6.07, 6.45) is 0. The van der Waals surface area contributed by atoms with Gasteiger partial charge < -0.3 is 15.5 Å². The Balaban J connectivity index is 2.04. The van der Waals surface area contributed by atoms with Crippen molar-refractivity contribution in [3.05, 3.63) is 40.3 Å². The highest BCUT2D eigenvalue weighted by molar-refractivity contribution is 7.07. The zero-order valence-electron chi connectivity index (χ0n) is 8.75. The predicted octanol–water partition coefficient (Wildman–Crippen LogP) is 1.48. The summed E-state index contributed by atoms with van der Waals surface area (Å²) in [6.45, 7) is 0.318. The summed E-state index contributed by atoms with van der Waals surface area (Å²) in [7, 11) is 0. The maximum atomic E-state index is 11.7. The number of hydrogen-bond acceptors (Lipinski definition) is 5. The summed E-state index contributed by atoms with van der Waals surface area (Å²) in [5, 5.41) is 23.0. The van der Waals surface area contributed by atoms with Crippen molar-refractivity contribution in [3.8, 4) is 11.5 Å². The molecular formula is C11H10N2O3S. The Hall–Kier alpha value is -2.08. The molecule has 17 heavy (non-hydrogen) atoms. The molecule has 1 aromatic carbocycles. The number of aromatic hydroxyl groups is 2. The highest BCUT2D eigenvalue weighted by atomic mass is 32.1. The van der Waals surface area contributed by atoms with E-state index in [9.17, 15) is 15.0 Å². The number of thiazole rings is 1. The molecule has 88 valence electrons. The van der Waals surface area contributed by atoms with Crippen molar-refractivity contribution in [3.63, 3.8) is 0 Å². The van der Waals surface area contributed by atoms with Crippen molar-refractivity contribution in [1.82, 2.24) is 10.3 Å². The van der Waals surface area contributed by atoms with Crippen LogP contribution in [-0.4, -0.2) is 21.1 Å². The summed E-state index contributed by atoms with van der Waals surface area (Å²) < 4.78 is 0. The molecule has 0 radical (unpaired) electrons. The van der Waals surface area contributed by atoms with Crippen LogP contribution in [0.15, 0.2) is 29.1 Å². The summed E-state index contributed by atoms with van der Waals surface area (Å²) >= 11 is 1.45. The van der Waals surface area contributed by atoms with E-state index in [1.165, 1.54) is 23.5 Å². The average molecular weight is 250 g/mol. The maximum Gasteiger partial charge on any atom is 0.251 e. The van der Waals surface area contributed by atoms with Gasteiger partial charge in [-0.3, -0.25) is 4.79 Å². The van der Waals surface area contributed by atoms with Crippen molar-refractivity contribution in [2.75, 3.05) is 0 Å². The number of phenolic OH excluding ortho intramolecular Hbond substituents is 2. The Morgan fingerprint density at radius 2 is 2.00 bits per heavy atom. The van der Waals surface area contributed by atoms with E-state index >= 15 is 0 Å². The number of phenols is 2. The number of hydrogen-bond donors (Lipinski definition) is 3. The minimum atomic E-state index is -0.371. The van der Waals surface area contributed by atoms with Gasteiger partial charge in [-0.1, -0.05) is 0 Å². The molecule has 0 spiro atoms. The van der Waals surface area contributed by atoms with Crippen LogP contribution in [-0.2, 0) is 6.54 Å². The van der Waals surface area contributed by atoms with E-state index in [0.29, 0.717) is 6.54 Å². The minimum Gasteiger partial charge on any atom is -0.508 e. The van der Waals surface area contributed by atoms with Crippen LogP contribution in [0.4, 0.5) is 0 Å². The van der Waals surface area contributed by atoms with Gasteiger partial charge in [0.2, 0.25) is 0 Å². The fourth-order valence-electron chi connectivity index (χ4n) is 1.32. The van der Waals surface area contributed by atoms with E-state index in [0.717, 1.165) is 11.8 Å². The minimum absolute atomic E-state index is 0.149. The second-order valence-corrected chi connectivity index (χ2v) is 4.12. The molecule has 0 saturated carbocycles. The van der Waals surface area contributed by atoms with E-state index in [-0.39, 0.29) is 23.0 Å². The van der Waals surface area contributed by atoms with Crippen LogP contribution in [0.2, 0.25) is 0 Å². The van der Waals surface area contributed by atoms with Gasteiger partial charge in [-0.05, 0) is 12.1 Å². The van der Waals surface area contributed by atoms with Crippen LogP contribution in [0.5, 0.6) is 11.5 Å². The first-order chi connectivity index (χ1) is 8.15. The molecular weight excluding hydrogens is 240 g/mol. The van der Waals surface area contributed by atoms with E-state index in [1.54, 1.807) is 5.51 Å². The van der Waals surface area contributed by atoms with Crippen LogP contribution in [0, 0.1) is 0 Å². The molecule has 0 aliphatic carbocycles. The number of carbonyl (C=O) groups is 1. The number of aromatic nitrogens is 1. The lowest BCUT2D eigenvalue weighted by atomic mass is 10.2. The normalized spacial score (nSPS) is 10.1. The first kappa shape index (κ1) is 11.4. The van der Waals surface area contributed by atoms with Gasteiger partial charge in [0, 0.05) is 17.0 Å². The van der Waals surface area contributed by atoms with E-state index < -0.39 is 0 Å². The molecule has 3 N–H and O–H groups in total. The number of nitrogens with zero attached hydrogens (tertiary/aromatic N) is 1. The van der Waals surface area contributed by atoms with Crippen LogP contribution in [0.1, 0.15) is 16.1 Å². The second-order valence-electron chi connectivity index (χ2n) is 3.40. The highest BCUT2D eigenvalue weighted by Gasteiger charge is 2.08. The van der Waals surface area contributed by atoms with Gasteiger partial charge in [0.1, 0.15) is 11.5 Å². The Morgan fingerprint density at radius 3 is 2.59 bits per heavy atom. The van der Waals surface area contributed by atoms with Crippen LogP contribution >= 0.6 is 11.3 Å². The summed E-state index contributed by atoms with van der Waals surface area (Å²) in [4.78, 5) is 15.7. The molecule has 0 bridgehead atoms. The monoisotopic (exact) mass is 250 g/mol. The first-order valence-corrected chi connectivity index (χ1v) is 5.78. The third-order valence-electron chi connectivity index (χ3n) is 2.08. The zero-order valence-corrected chi connectivity index (χ0v) is 9.57. The molecule has 1 amide bonds. The molecule has 0 aliphatic heterocycles. The molecule has 0 saturated heterocycles. The quantitative estimate of drug-likeness (QED) is 0.770. The van der Waals surface area contributed by atoms with E-state index in [4.69, 9.17) is 0 Å².